The lowest BCUT2D eigenvalue weighted by atomic mass is 10.1. The van der Waals surface area contributed by atoms with Crippen molar-refractivity contribution in [2.45, 2.75) is 19.3 Å². The molecule has 1 aromatic carbocycles. The summed E-state index contributed by atoms with van der Waals surface area (Å²) in [7, 11) is 0. The summed E-state index contributed by atoms with van der Waals surface area (Å²) < 4.78 is 0. The third-order valence-electron chi connectivity index (χ3n) is 4.09. The van der Waals surface area contributed by atoms with Crippen molar-refractivity contribution in [3.8, 4) is 11.3 Å². The van der Waals surface area contributed by atoms with E-state index in [9.17, 15) is 4.79 Å². The van der Waals surface area contributed by atoms with Gasteiger partial charge in [0.2, 0.25) is 0 Å². The number of carbonyl (C=O) groups is 1. The average molecular weight is 323 g/mol. The number of nitrogens with zero attached hydrogens (tertiary/aromatic N) is 5. The normalized spacial score (nSPS) is 14.8. The quantitative estimate of drug-likeness (QED) is 0.724. The van der Waals surface area contributed by atoms with E-state index in [1.807, 2.05) is 24.3 Å². The second-order valence-electron chi connectivity index (χ2n) is 5.78. The predicted molar refractivity (Wildman–Crippen MR) is 88.2 cm³/mol. The first-order chi connectivity index (χ1) is 11.8. The summed E-state index contributed by atoms with van der Waals surface area (Å²) in [6.45, 7) is 1.48. The van der Waals surface area contributed by atoms with Gasteiger partial charge in [0.1, 0.15) is 0 Å². The van der Waals surface area contributed by atoms with Crippen molar-refractivity contribution in [2.24, 2.45) is 0 Å². The van der Waals surface area contributed by atoms with Gasteiger partial charge in [-0.15, -0.1) is 5.10 Å². The first-order valence-electron chi connectivity index (χ1n) is 8.04. The Bertz CT molecular complexity index is 870. The van der Waals surface area contributed by atoms with Crippen molar-refractivity contribution >= 4 is 17.1 Å². The molecule has 1 amide bonds. The maximum atomic E-state index is 12.1. The maximum absolute atomic E-state index is 12.1. The Morgan fingerprint density at radius 1 is 1.04 bits per heavy atom. The molecule has 1 aliphatic heterocycles. The fourth-order valence-corrected chi connectivity index (χ4v) is 2.80. The van der Waals surface area contributed by atoms with E-state index in [2.05, 4.69) is 15.1 Å². The topological polar surface area (TPSA) is 73.1 Å². The second kappa shape index (κ2) is 6.27. The highest BCUT2D eigenvalue weighted by atomic mass is 16.7. The number of rotatable bonds is 2. The fraction of sp³-hybridized carbons (Fsp3) is 0.294. The van der Waals surface area contributed by atoms with Gasteiger partial charge in [0.25, 0.3) is 0 Å². The summed E-state index contributed by atoms with van der Waals surface area (Å²) in [5.41, 5.74) is 3.09. The SMILES string of the molecule is O=C(On1cc(-c2cnc3ccccc3n2)cn1)N1CCCCC1. The minimum Gasteiger partial charge on any atom is -0.306 e. The Morgan fingerprint density at radius 2 is 1.83 bits per heavy atom. The fourth-order valence-electron chi connectivity index (χ4n) is 2.80. The molecule has 3 heterocycles. The molecule has 3 aromatic rings. The zero-order chi connectivity index (χ0) is 16.4. The van der Waals surface area contributed by atoms with E-state index in [1.165, 1.54) is 4.85 Å². The van der Waals surface area contributed by atoms with Crippen LogP contribution in [-0.4, -0.2) is 44.0 Å². The van der Waals surface area contributed by atoms with Crippen LogP contribution in [0.5, 0.6) is 0 Å². The van der Waals surface area contributed by atoms with Gasteiger partial charge in [-0.25, -0.2) is 9.78 Å². The molecular formula is C17H17N5O2. The zero-order valence-electron chi connectivity index (χ0n) is 13.1. The van der Waals surface area contributed by atoms with Crippen molar-refractivity contribution < 1.29 is 9.63 Å². The number of likely N-dealkylation sites (tertiary alicyclic amines) is 1. The molecule has 24 heavy (non-hydrogen) atoms. The van der Waals surface area contributed by atoms with Crippen LogP contribution in [0.2, 0.25) is 0 Å². The van der Waals surface area contributed by atoms with Crippen molar-refractivity contribution in [3.63, 3.8) is 0 Å². The number of carbonyl (C=O) groups excluding carboxylic acids is 1. The zero-order valence-corrected chi connectivity index (χ0v) is 13.1. The van der Waals surface area contributed by atoms with Crippen molar-refractivity contribution in [3.05, 3.63) is 42.9 Å². The molecular weight excluding hydrogens is 306 g/mol. The molecule has 122 valence electrons. The molecule has 7 heteroatoms. The van der Waals surface area contributed by atoms with Gasteiger partial charge in [0, 0.05) is 18.7 Å². The minimum absolute atomic E-state index is 0.367. The lowest BCUT2D eigenvalue weighted by Crippen LogP contribution is -2.40. The summed E-state index contributed by atoms with van der Waals surface area (Å²) >= 11 is 0. The summed E-state index contributed by atoms with van der Waals surface area (Å²) in [5, 5.41) is 4.09. The van der Waals surface area contributed by atoms with Crippen LogP contribution in [0.15, 0.2) is 42.9 Å². The highest BCUT2D eigenvalue weighted by Gasteiger charge is 2.19. The van der Waals surface area contributed by atoms with Crippen LogP contribution in [0.3, 0.4) is 0 Å². The molecule has 2 aromatic heterocycles. The smallest absolute Gasteiger partial charge is 0.306 e. The molecule has 4 rings (SSSR count). The van der Waals surface area contributed by atoms with Crippen LogP contribution in [0.25, 0.3) is 22.3 Å². The minimum atomic E-state index is -0.367. The molecule has 1 saturated heterocycles. The summed E-state index contributed by atoms with van der Waals surface area (Å²) in [6, 6.07) is 7.67. The Labute approximate surface area is 138 Å². The van der Waals surface area contributed by atoms with E-state index in [-0.39, 0.29) is 6.09 Å². The third kappa shape index (κ3) is 2.92. The van der Waals surface area contributed by atoms with E-state index < -0.39 is 0 Å². The van der Waals surface area contributed by atoms with E-state index in [4.69, 9.17) is 4.84 Å². The van der Waals surface area contributed by atoms with Gasteiger partial charge in [-0.2, -0.15) is 0 Å². The van der Waals surface area contributed by atoms with Crippen LogP contribution in [0.4, 0.5) is 4.79 Å². The summed E-state index contributed by atoms with van der Waals surface area (Å²) in [5.74, 6) is 0. The number of amides is 1. The highest BCUT2D eigenvalue weighted by Crippen LogP contribution is 2.18. The van der Waals surface area contributed by atoms with Gasteiger partial charge < -0.3 is 4.90 Å². The Hall–Kier alpha value is -2.96. The highest BCUT2D eigenvalue weighted by molar-refractivity contribution is 5.76. The number of fused-ring (bicyclic) bond motifs is 1. The Balaban J connectivity index is 1.52. The summed E-state index contributed by atoms with van der Waals surface area (Å²) in [6.07, 6.45) is 7.78. The van der Waals surface area contributed by atoms with E-state index >= 15 is 0 Å². The number of para-hydroxylation sites is 2. The van der Waals surface area contributed by atoms with Gasteiger partial charge in [-0.3, -0.25) is 9.82 Å². The van der Waals surface area contributed by atoms with Crippen LogP contribution in [-0.2, 0) is 0 Å². The number of aromatic nitrogens is 4. The molecule has 0 saturated carbocycles. The van der Waals surface area contributed by atoms with Crippen LogP contribution < -0.4 is 4.84 Å². The van der Waals surface area contributed by atoms with Gasteiger partial charge in [0.05, 0.1) is 35.3 Å². The lowest BCUT2D eigenvalue weighted by Gasteiger charge is -2.24. The van der Waals surface area contributed by atoms with E-state index in [0.29, 0.717) is 5.69 Å². The Morgan fingerprint density at radius 3 is 2.67 bits per heavy atom. The van der Waals surface area contributed by atoms with Gasteiger partial charge in [-0.1, -0.05) is 17.0 Å². The average Bonchev–Trinajstić information content (AvgIpc) is 3.10. The van der Waals surface area contributed by atoms with Gasteiger partial charge in [-0.05, 0) is 31.4 Å². The molecule has 0 unspecified atom stereocenters. The number of hydrogen-bond acceptors (Lipinski definition) is 5. The predicted octanol–water partition coefficient (Wildman–Crippen LogP) is 2.53. The molecule has 0 bridgehead atoms. The first-order valence-corrected chi connectivity index (χ1v) is 8.04. The van der Waals surface area contributed by atoms with Gasteiger partial charge >= 0.3 is 6.09 Å². The lowest BCUT2D eigenvalue weighted by molar-refractivity contribution is 0.0731. The molecule has 0 aliphatic carbocycles. The molecule has 0 radical (unpaired) electrons. The van der Waals surface area contributed by atoms with Crippen molar-refractivity contribution in [1.29, 1.82) is 0 Å². The number of hydrogen-bond donors (Lipinski definition) is 0. The van der Waals surface area contributed by atoms with Crippen molar-refractivity contribution in [2.75, 3.05) is 13.1 Å². The molecule has 7 nitrogen and oxygen atoms in total. The molecule has 0 N–H and O–H groups in total. The van der Waals surface area contributed by atoms with Crippen LogP contribution in [0.1, 0.15) is 19.3 Å². The van der Waals surface area contributed by atoms with E-state index in [1.54, 1.807) is 23.5 Å². The largest absolute Gasteiger partial charge is 0.435 e. The Kier molecular flexibility index (Phi) is 3.82. The number of benzene rings is 1. The monoisotopic (exact) mass is 323 g/mol. The third-order valence-corrected chi connectivity index (χ3v) is 4.09. The molecule has 1 fully saturated rings. The molecule has 0 atom stereocenters. The van der Waals surface area contributed by atoms with Crippen molar-refractivity contribution in [1.82, 2.24) is 24.8 Å². The standard InChI is InChI=1S/C17H17N5O2/c23-17(21-8-4-1-5-9-21)24-22-12-13(10-19-22)16-11-18-14-6-2-3-7-15(14)20-16/h2-3,6-7,10-12H,1,4-5,8-9H2. The molecule has 1 aliphatic rings. The first kappa shape index (κ1) is 14.6. The number of piperidine rings is 1. The summed E-state index contributed by atoms with van der Waals surface area (Å²) in [4.78, 5) is 29.2. The van der Waals surface area contributed by atoms with Crippen LogP contribution >= 0.6 is 0 Å². The second-order valence-corrected chi connectivity index (χ2v) is 5.78. The molecule has 0 spiro atoms. The maximum Gasteiger partial charge on any atom is 0.435 e. The van der Waals surface area contributed by atoms with E-state index in [0.717, 1.165) is 48.9 Å². The van der Waals surface area contributed by atoms with Crippen LogP contribution in [0, 0.1) is 0 Å². The van der Waals surface area contributed by atoms with Gasteiger partial charge in [0.15, 0.2) is 0 Å².